The fraction of sp³-hybridized carbons (Fsp3) is 0.318. The van der Waals surface area contributed by atoms with Gasteiger partial charge >= 0.3 is 6.18 Å². The minimum absolute atomic E-state index is 0.139. The number of halogens is 5. The van der Waals surface area contributed by atoms with Crippen LogP contribution in [-0.4, -0.2) is 14.2 Å². The average Bonchev–Trinajstić information content (AvgIpc) is 2.71. The van der Waals surface area contributed by atoms with Gasteiger partial charge in [0, 0.05) is 17.9 Å². The van der Waals surface area contributed by atoms with E-state index in [0.29, 0.717) is 12.1 Å². The van der Waals surface area contributed by atoms with Gasteiger partial charge < -0.3 is 0 Å². The zero-order valence-corrected chi connectivity index (χ0v) is 17.1. The van der Waals surface area contributed by atoms with E-state index in [0.717, 1.165) is 30.3 Å². The summed E-state index contributed by atoms with van der Waals surface area (Å²) < 4.78 is 92.8. The molecule has 0 saturated heterocycles. The number of ketones is 1. The van der Waals surface area contributed by atoms with Gasteiger partial charge in [-0.25, -0.2) is 17.2 Å². The van der Waals surface area contributed by atoms with E-state index in [1.54, 1.807) is 0 Å². The Bertz CT molecular complexity index is 1110. The molecule has 2 aromatic carbocycles. The van der Waals surface area contributed by atoms with Gasteiger partial charge in [-0.05, 0) is 61.7 Å². The van der Waals surface area contributed by atoms with Crippen molar-refractivity contribution < 1.29 is 35.2 Å². The van der Waals surface area contributed by atoms with Gasteiger partial charge in [-0.15, -0.1) is 6.58 Å². The Balaban J connectivity index is 2.22. The predicted octanol–water partition coefficient (Wildman–Crippen LogP) is 5.60. The van der Waals surface area contributed by atoms with Crippen LogP contribution in [-0.2, 0) is 25.6 Å². The number of hydrogen-bond donors (Lipinski definition) is 0. The number of benzene rings is 2. The summed E-state index contributed by atoms with van der Waals surface area (Å²) >= 11 is 0. The maximum absolute atomic E-state index is 14.8. The van der Waals surface area contributed by atoms with Crippen molar-refractivity contribution in [3.8, 4) is 0 Å². The van der Waals surface area contributed by atoms with E-state index in [2.05, 4.69) is 6.58 Å². The van der Waals surface area contributed by atoms with Crippen LogP contribution in [0, 0.1) is 17.6 Å². The van der Waals surface area contributed by atoms with Crippen LogP contribution < -0.4 is 0 Å². The smallest absolute Gasteiger partial charge is 0.299 e. The molecule has 0 N–H and O–H groups in total. The molecule has 0 amide bonds. The largest absolute Gasteiger partial charge is 0.416 e. The molecular weight excluding hydrogens is 439 g/mol. The third kappa shape index (κ3) is 4.15. The lowest BCUT2D eigenvalue weighted by molar-refractivity contribution is -0.137. The Morgan fingerprint density at radius 1 is 1.10 bits per heavy atom. The maximum atomic E-state index is 14.8. The molecule has 0 bridgehead atoms. The Hall–Kier alpha value is -2.55. The van der Waals surface area contributed by atoms with E-state index in [1.807, 2.05) is 0 Å². The molecule has 0 unspecified atom stereocenters. The van der Waals surface area contributed by atoms with Crippen molar-refractivity contribution in [3.05, 3.63) is 77.9 Å². The molecule has 2 aromatic rings. The zero-order valence-electron chi connectivity index (χ0n) is 16.3. The van der Waals surface area contributed by atoms with Crippen molar-refractivity contribution in [2.24, 2.45) is 5.92 Å². The molecule has 0 radical (unpaired) electrons. The molecule has 3 nitrogen and oxygen atoms in total. The van der Waals surface area contributed by atoms with Crippen molar-refractivity contribution in [2.75, 3.05) is 0 Å². The molecule has 31 heavy (non-hydrogen) atoms. The summed E-state index contributed by atoms with van der Waals surface area (Å²) in [5.74, 6) is -2.85. The maximum Gasteiger partial charge on any atom is 0.416 e. The van der Waals surface area contributed by atoms with Crippen molar-refractivity contribution in [1.29, 1.82) is 0 Å². The van der Waals surface area contributed by atoms with E-state index >= 15 is 0 Å². The second kappa shape index (κ2) is 8.18. The van der Waals surface area contributed by atoms with E-state index < -0.39 is 54.3 Å². The van der Waals surface area contributed by atoms with Crippen LogP contribution in [0.15, 0.2) is 60.0 Å². The van der Waals surface area contributed by atoms with Crippen LogP contribution in [0.1, 0.15) is 36.8 Å². The average molecular weight is 458 g/mol. The summed E-state index contributed by atoms with van der Waals surface area (Å²) in [5, 5.41) is 0. The predicted molar refractivity (Wildman–Crippen MR) is 104 cm³/mol. The quantitative estimate of drug-likeness (QED) is 0.433. The Kier molecular flexibility index (Phi) is 6.10. The molecule has 0 aromatic heterocycles. The summed E-state index contributed by atoms with van der Waals surface area (Å²) in [6.07, 6.45) is -3.94. The van der Waals surface area contributed by atoms with Crippen LogP contribution in [0.4, 0.5) is 22.0 Å². The van der Waals surface area contributed by atoms with Crippen LogP contribution in [0.3, 0.4) is 0 Å². The van der Waals surface area contributed by atoms with Crippen LogP contribution in [0.5, 0.6) is 0 Å². The van der Waals surface area contributed by atoms with Crippen LogP contribution in [0.25, 0.3) is 0 Å². The number of rotatable bonds is 5. The van der Waals surface area contributed by atoms with Crippen LogP contribution >= 0.6 is 0 Å². The number of allylic oxidation sites excluding steroid dienone is 1. The molecular formula is C22H19F5O3S. The first-order chi connectivity index (χ1) is 14.4. The number of carbonyl (C=O) groups is 1. The molecule has 166 valence electrons. The van der Waals surface area contributed by atoms with E-state index in [9.17, 15) is 35.2 Å². The highest BCUT2D eigenvalue weighted by atomic mass is 32.2. The number of hydrogen-bond acceptors (Lipinski definition) is 3. The third-order valence-electron chi connectivity index (χ3n) is 5.68. The highest BCUT2D eigenvalue weighted by molar-refractivity contribution is 7.92. The molecule has 1 fully saturated rings. The van der Waals surface area contributed by atoms with Gasteiger partial charge in [0.15, 0.2) is 9.84 Å². The number of sulfone groups is 1. The fourth-order valence-electron chi connectivity index (χ4n) is 4.09. The van der Waals surface area contributed by atoms with Crippen molar-refractivity contribution in [3.63, 3.8) is 0 Å². The lowest BCUT2D eigenvalue weighted by Crippen LogP contribution is -2.44. The standard InChI is InChI=1S/C22H19F5O3S/c1-2-3-14-13-21(11-10-20(14)28,18-12-16(23)6-9-19(18)24)31(29,30)17-7-4-15(5-8-17)22(25,26)27/h2,4-9,12,14H,1,3,10-11,13H2/t14-,21-/m1/s1. The lowest BCUT2D eigenvalue weighted by atomic mass is 9.75. The first-order valence-corrected chi connectivity index (χ1v) is 10.9. The summed E-state index contributed by atoms with van der Waals surface area (Å²) in [6.45, 7) is 3.55. The summed E-state index contributed by atoms with van der Waals surface area (Å²) in [5.41, 5.74) is -1.48. The van der Waals surface area contributed by atoms with Gasteiger partial charge in [0.25, 0.3) is 0 Å². The van der Waals surface area contributed by atoms with Crippen molar-refractivity contribution >= 4 is 15.6 Å². The Morgan fingerprint density at radius 3 is 2.32 bits per heavy atom. The zero-order chi connectivity index (χ0) is 23.0. The SMILES string of the molecule is C=CC[C@@H]1C[C@](c2cc(F)ccc2F)(S(=O)(=O)c2ccc(C(F)(F)F)cc2)CCC1=O. The number of alkyl halides is 3. The molecule has 0 heterocycles. The van der Waals surface area contributed by atoms with E-state index in [-0.39, 0.29) is 31.5 Å². The van der Waals surface area contributed by atoms with Gasteiger partial charge in [0.2, 0.25) is 0 Å². The summed E-state index contributed by atoms with van der Waals surface area (Å²) in [6, 6.07) is 5.26. The number of Topliss-reactive ketones (excluding diaryl/α,β-unsaturated/α-hetero) is 1. The van der Waals surface area contributed by atoms with E-state index in [1.165, 1.54) is 6.08 Å². The van der Waals surface area contributed by atoms with Crippen LogP contribution in [0.2, 0.25) is 0 Å². The van der Waals surface area contributed by atoms with Gasteiger partial charge in [0.05, 0.1) is 10.5 Å². The van der Waals surface area contributed by atoms with Gasteiger partial charge in [-0.1, -0.05) is 6.08 Å². The van der Waals surface area contributed by atoms with Crippen molar-refractivity contribution in [1.82, 2.24) is 0 Å². The Morgan fingerprint density at radius 2 is 1.74 bits per heavy atom. The second-order valence-corrected chi connectivity index (χ2v) is 9.80. The monoisotopic (exact) mass is 458 g/mol. The molecule has 3 rings (SSSR count). The summed E-state index contributed by atoms with van der Waals surface area (Å²) in [7, 11) is -4.51. The first kappa shape index (κ1) is 23.1. The number of carbonyl (C=O) groups excluding carboxylic acids is 1. The molecule has 0 spiro atoms. The molecule has 1 saturated carbocycles. The minimum atomic E-state index is -4.67. The van der Waals surface area contributed by atoms with Gasteiger partial charge in [-0.2, -0.15) is 13.2 Å². The fourth-order valence-corrected chi connectivity index (χ4v) is 6.27. The van der Waals surface area contributed by atoms with Gasteiger partial charge in [0.1, 0.15) is 22.2 Å². The molecule has 9 heteroatoms. The third-order valence-corrected chi connectivity index (χ3v) is 8.20. The molecule has 1 aliphatic rings. The highest BCUT2D eigenvalue weighted by Crippen LogP contribution is 2.49. The van der Waals surface area contributed by atoms with Gasteiger partial charge in [-0.3, -0.25) is 4.79 Å². The summed E-state index contributed by atoms with van der Waals surface area (Å²) in [4.78, 5) is 11.9. The second-order valence-electron chi connectivity index (χ2n) is 7.54. The highest BCUT2D eigenvalue weighted by Gasteiger charge is 2.52. The first-order valence-electron chi connectivity index (χ1n) is 9.43. The lowest BCUT2D eigenvalue weighted by Gasteiger charge is -2.40. The van der Waals surface area contributed by atoms with E-state index in [4.69, 9.17) is 0 Å². The normalized spacial score (nSPS) is 22.4. The Labute approximate surface area is 176 Å². The molecule has 0 aliphatic heterocycles. The molecule has 2 atom stereocenters. The molecule has 1 aliphatic carbocycles. The van der Waals surface area contributed by atoms with Crippen molar-refractivity contribution in [2.45, 2.75) is 41.5 Å². The minimum Gasteiger partial charge on any atom is -0.299 e. The topological polar surface area (TPSA) is 51.2 Å².